The van der Waals surface area contributed by atoms with Crippen LogP contribution in [0.2, 0.25) is 0 Å². The van der Waals surface area contributed by atoms with E-state index in [4.69, 9.17) is 9.84 Å². The van der Waals surface area contributed by atoms with Crippen LogP contribution in [0, 0.1) is 17.6 Å². The van der Waals surface area contributed by atoms with Gasteiger partial charge in [0.25, 0.3) is 0 Å². The Morgan fingerprint density at radius 1 is 1.29 bits per heavy atom. The Morgan fingerprint density at radius 3 is 2.46 bits per heavy atom. The van der Waals surface area contributed by atoms with E-state index >= 15 is 0 Å². The maximum Gasteiger partial charge on any atom is 0.308 e. The van der Waals surface area contributed by atoms with E-state index in [1.165, 1.54) is 17.9 Å². The van der Waals surface area contributed by atoms with Gasteiger partial charge in [0, 0.05) is 31.9 Å². The number of benzene rings is 1. The van der Waals surface area contributed by atoms with Gasteiger partial charge in [-0.2, -0.15) is 0 Å². The van der Waals surface area contributed by atoms with Crippen molar-refractivity contribution in [1.82, 2.24) is 4.90 Å². The lowest BCUT2D eigenvalue weighted by Crippen LogP contribution is -2.39. The van der Waals surface area contributed by atoms with Crippen LogP contribution in [0.3, 0.4) is 0 Å². The summed E-state index contributed by atoms with van der Waals surface area (Å²) in [6.45, 7) is 4.55. The van der Waals surface area contributed by atoms with Gasteiger partial charge in [0.05, 0.1) is 12.3 Å². The summed E-state index contributed by atoms with van der Waals surface area (Å²) in [5.41, 5.74) is -0.305. The first-order valence-electron chi connectivity index (χ1n) is 7.88. The van der Waals surface area contributed by atoms with E-state index in [0.717, 1.165) is 12.1 Å². The van der Waals surface area contributed by atoms with Crippen LogP contribution in [-0.4, -0.2) is 48.2 Å². The van der Waals surface area contributed by atoms with Crippen LogP contribution in [0.5, 0.6) is 0 Å². The maximum absolute atomic E-state index is 13.7. The molecule has 24 heavy (non-hydrogen) atoms. The highest BCUT2D eigenvalue weighted by Gasteiger charge is 2.22. The summed E-state index contributed by atoms with van der Waals surface area (Å²) in [6, 6.07) is 3.40. The minimum absolute atomic E-state index is 0.0175. The van der Waals surface area contributed by atoms with Crippen molar-refractivity contribution in [2.24, 2.45) is 5.92 Å². The molecule has 1 atom stereocenters. The van der Waals surface area contributed by atoms with Gasteiger partial charge >= 0.3 is 5.97 Å². The van der Waals surface area contributed by atoms with Crippen LogP contribution >= 0.6 is 0 Å². The zero-order valence-electron chi connectivity index (χ0n) is 13.9. The average molecular weight is 343 g/mol. The molecule has 0 spiro atoms. The number of amides is 1. The summed E-state index contributed by atoms with van der Waals surface area (Å²) in [7, 11) is 0. The number of carbonyl (C=O) groups excluding carboxylic acids is 1. The smallest absolute Gasteiger partial charge is 0.308 e. The summed E-state index contributed by atoms with van der Waals surface area (Å²) in [5.74, 6) is -3.89. The molecular weight excluding hydrogens is 320 g/mol. The Kier molecular flexibility index (Phi) is 8.32. The number of rotatable bonds is 10. The van der Waals surface area contributed by atoms with Crippen molar-refractivity contribution >= 4 is 11.9 Å². The number of ether oxygens (including phenoxy) is 1. The molecule has 0 aliphatic rings. The number of nitrogens with zero attached hydrogens (tertiary/aromatic N) is 1. The highest BCUT2D eigenvalue weighted by molar-refractivity contribution is 5.79. The van der Waals surface area contributed by atoms with Gasteiger partial charge in [-0.1, -0.05) is 13.0 Å². The summed E-state index contributed by atoms with van der Waals surface area (Å²) in [6.07, 6.45) is 0.0746. The van der Waals surface area contributed by atoms with Gasteiger partial charge in [-0.3, -0.25) is 9.59 Å². The molecule has 7 heteroatoms. The molecule has 1 amide bonds. The molecule has 0 fully saturated rings. The van der Waals surface area contributed by atoms with Crippen molar-refractivity contribution in [3.8, 4) is 0 Å². The third-order valence-electron chi connectivity index (χ3n) is 3.58. The highest BCUT2D eigenvalue weighted by atomic mass is 19.1. The van der Waals surface area contributed by atoms with Crippen LogP contribution in [0.15, 0.2) is 18.2 Å². The zero-order valence-corrected chi connectivity index (χ0v) is 13.9. The number of hydrogen-bond acceptors (Lipinski definition) is 3. The number of hydrogen-bond donors (Lipinski definition) is 1. The van der Waals surface area contributed by atoms with Crippen molar-refractivity contribution in [1.29, 1.82) is 0 Å². The second kappa shape index (κ2) is 9.97. The first kappa shape index (κ1) is 20.0. The van der Waals surface area contributed by atoms with E-state index in [1.54, 1.807) is 0 Å². The minimum Gasteiger partial charge on any atom is -0.481 e. The molecule has 0 aliphatic heterocycles. The molecule has 0 saturated carbocycles. The van der Waals surface area contributed by atoms with Crippen molar-refractivity contribution in [3.63, 3.8) is 0 Å². The van der Waals surface area contributed by atoms with Gasteiger partial charge in [-0.15, -0.1) is 0 Å². The topological polar surface area (TPSA) is 66.8 Å². The van der Waals surface area contributed by atoms with Gasteiger partial charge in [0.15, 0.2) is 0 Å². The first-order valence-corrected chi connectivity index (χ1v) is 7.88. The predicted octanol–water partition coefficient (Wildman–Crippen LogP) is 2.48. The van der Waals surface area contributed by atoms with Gasteiger partial charge in [0.2, 0.25) is 5.91 Å². The fourth-order valence-corrected chi connectivity index (χ4v) is 2.19. The molecule has 1 N–H and O–H groups in total. The molecule has 1 rings (SSSR count). The Balaban J connectivity index is 2.79. The average Bonchev–Trinajstić information content (AvgIpc) is 2.53. The molecule has 0 radical (unpaired) electrons. The third-order valence-corrected chi connectivity index (χ3v) is 3.58. The summed E-state index contributed by atoms with van der Waals surface area (Å²) in [5, 5.41) is 9.02. The van der Waals surface area contributed by atoms with Crippen molar-refractivity contribution in [2.45, 2.75) is 26.7 Å². The zero-order chi connectivity index (χ0) is 18.1. The van der Waals surface area contributed by atoms with Crippen LogP contribution in [0.25, 0.3) is 0 Å². The molecule has 1 aromatic carbocycles. The van der Waals surface area contributed by atoms with Gasteiger partial charge < -0.3 is 14.7 Å². The molecule has 134 valence electrons. The van der Waals surface area contributed by atoms with E-state index in [9.17, 15) is 18.4 Å². The van der Waals surface area contributed by atoms with E-state index in [-0.39, 0.29) is 18.7 Å². The first-order chi connectivity index (χ1) is 11.4. The van der Waals surface area contributed by atoms with E-state index < -0.39 is 35.8 Å². The molecule has 1 aromatic rings. The summed E-state index contributed by atoms with van der Waals surface area (Å²) in [4.78, 5) is 24.7. The molecular formula is C17H23F2NO4. The third kappa shape index (κ3) is 6.23. The number of carboxylic acids is 1. The Morgan fingerprint density at radius 2 is 1.92 bits per heavy atom. The second-order valence-electron chi connectivity index (χ2n) is 5.51. The van der Waals surface area contributed by atoms with E-state index in [0.29, 0.717) is 19.6 Å². The Hall–Kier alpha value is -2.02. The standard InChI is InChI=1S/C17H23F2NO4/c1-3-24-9-5-8-20(11-12(2)17(22)23)16(21)10-13-14(18)6-4-7-15(13)19/h4,6-7,12H,3,5,8-11H2,1-2H3,(H,22,23). The Bertz CT molecular complexity index is 545. The van der Waals surface area contributed by atoms with Crippen LogP contribution in [0.1, 0.15) is 25.8 Å². The lowest BCUT2D eigenvalue weighted by molar-refractivity contribution is -0.143. The quantitative estimate of drug-likeness (QED) is 0.663. The van der Waals surface area contributed by atoms with Gasteiger partial charge in [0.1, 0.15) is 11.6 Å². The van der Waals surface area contributed by atoms with Crippen molar-refractivity contribution < 1.29 is 28.2 Å². The molecule has 0 heterocycles. The molecule has 5 nitrogen and oxygen atoms in total. The largest absolute Gasteiger partial charge is 0.481 e. The monoisotopic (exact) mass is 343 g/mol. The number of carbonyl (C=O) groups is 2. The normalized spacial score (nSPS) is 12.0. The second-order valence-corrected chi connectivity index (χ2v) is 5.51. The van der Waals surface area contributed by atoms with Crippen LogP contribution < -0.4 is 0 Å². The number of aliphatic carboxylic acids is 1. The summed E-state index contributed by atoms with van der Waals surface area (Å²) < 4.78 is 32.6. The van der Waals surface area contributed by atoms with Gasteiger partial charge in [-0.05, 0) is 25.5 Å². The van der Waals surface area contributed by atoms with Crippen LogP contribution in [0.4, 0.5) is 8.78 Å². The minimum atomic E-state index is -1.03. The molecule has 0 aromatic heterocycles. The van der Waals surface area contributed by atoms with Crippen molar-refractivity contribution in [2.75, 3.05) is 26.3 Å². The van der Waals surface area contributed by atoms with Crippen molar-refractivity contribution in [3.05, 3.63) is 35.4 Å². The molecule has 0 bridgehead atoms. The SMILES string of the molecule is CCOCCCN(CC(C)C(=O)O)C(=O)Cc1c(F)cccc1F. The maximum atomic E-state index is 13.7. The van der Waals surface area contributed by atoms with E-state index in [2.05, 4.69) is 0 Å². The highest BCUT2D eigenvalue weighted by Crippen LogP contribution is 2.14. The fourth-order valence-electron chi connectivity index (χ4n) is 2.19. The lowest BCUT2D eigenvalue weighted by atomic mass is 10.1. The van der Waals surface area contributed by atoms with Gasteiger partial charge in [-0.25, -0.2) is 8.78 Å². The Labute approximate surface area is 140 Å². The fraction of sp³-hybridized carbons (Fsp3) is 0.529. The number of halogens is 2. The molecule has 0 saturated heterocycles. The summed E-state index contributed by atoms with van der Waals surface area (Å²) >= 11 is 0. The predicted molar refractivity (Wildman–Crippen MR) is 84.6 cm³/mol. The lowest BCUT2D eigenvalue weighted by Gasteiger charge is -2.25. The van der Waals surface area contributed by atoms with E-state index in [1.807, 2.05) is 6.92 Å². The number of carboxylic acid groups (broad SMARTS) is 1. The molecule has 1 unspecified atom stereocenters. The van der Waals surface area contributed by atoms with Crippen LogP contribution in [-0.2, 0) is 20.7 Å². The molecule has 0 aliphatic carbocycles.